The van der Waals surface area contributed by atoms with Gasteiger partial charge in [-0.15, -0.1) is 0 Å². The first-order chi connectivity index (χ1) is 6.84. The van der Waals surface area contributed by atoms with Crippen LogP contribution in [0.5, 0.6) is 0 Å². The van der Waals surface area contributed by atoms with Gasteiger partial charge in [0.25, 0.3) is 0 Å². The smallest absolute Gasteiger partial charge is 0.320 e. The molecule has 0 aromatic carbocycles. The molecule has 2 heterocycles. The number of piperidine rings is 1. The third kappa shape index (κ3) is 1.38. The van der Waals surface area contributed by atoms with Gasteiger partial charge in [-0.2, -0.15) is 0 Å². The second kappa shape index (κ2) is 3.12. The minimum Gasteiger partial charge on any atom is -0.378 e. The highest BCUT2D eigenvalue weighted by Crippen LogP contribution is 2.45. The molecule has 3 rings (SSSR count). The van der Waals surface area contributed by atoms with Gasteiger partial charge >= 0.3 is 6.03 Å². The van der Waals surface area contributed by atoms with Gasteiger partial charge in [-0.25, -0.2) is 4.79 Å². The van der Waals surface area contributed by atoms with Crippen LogP contribution in [0.4, 0.5) is 4.79 Å². The molecule has 4 heteroatoms. The number of fused-ring (bicyclic) bond motifs is 1. The Labute approximate surface area is 83.8 Å². The number of hydrogen-bond donors (Lipinski definition) is 0. The number of urea groups is 1. The number of amides is 2. The number of hydrogen-bond acceptors (Lipinski definition) is 2. The summed E-state index contributed by atoms with van der Waals surface area (Å²) in [4.78, 5) is 15.9. The Balaban J connectivity index is 1.58. The summed E-state index contributed by atoms with van der Waals surface area (Å²) < 4.78 is 5.23. The molecule has 4 nitrogen and oxygen atoms in total. The van der Waals surface area contributed by atoms with Crippen molar-refractivity contribution in [1.29, 1.82) is 0 Å². The van der Waals surface area contributed by atoms with Gasteiger partial charge in [-0.3, -0.25) is 0 Å². The van der Waals surface area contributed by atoms with Crippen molar-refractivity contribution in [3.8, 4) is 0 Å². The van der Waals surface area contributed by atoms with Crippen molar-refractivity contribution >= 4 is 6.03 Å². The molecule has 14 heavy (non-hydrogen) atoms. The molecule has 2 unspecified atom stereocenters. The first-order valence-electron chi connectivity index (χ1n) is 5.46. The molecule has 1 aliphatic carbocycles. The van der Waals surface area contributed by atoms with E-state index in [0.29, 0.717) is 13.2 Å². The first-order valence-corrected chi connectivity index (χ1v) is 5.46. The van der Waals surface area contributed by atoms with Crippen molar-refractivity contribution in [3.63, 3.8) is 0 Å². The summed E-state index contributed by atoms with van der Waals surface area (Å²) in [5.41, 5.74) is 0. The van der Waals surface area contributed by atoms with E-state index in [4.69, 9.17) is 4.74 Å². The number of carbonyl (C=O) groups excluding carboxylic acids is 1. The van der Waals surface area contributed by atoms with E-state index >= 15 is 0 Å². The van der Waals surface area contributed by atoms with Crippen LogP contribution in [0.25, 0.3) is 0 Å². The summed E-state index contributed by atoms with van der Waals surface area (Å²) in [6.07, 6.45) is 1.35. The van der Waals surface area contributed by atoms with Crippen molar-refractivity contribution in [2.75, 3.05) is 39.4 Å². The molecule has 2 aliphatic heterocycles. The number of likely N-dealkylation sites (tertiary alicyclic amines) is 1. The molecule has 0 spiro atoms. The molecule has 0 aromatic heterocycles. The second-order valence-electron chi connectivity index (χ2n) is 4.54. The summed E-state index contributed by atoms with van der Waals surface area (Å²) in [5, 5.41) is 0. The minimum absolute atomic E-state index is 0.237. The van der Waals surface area contributed by atoms with Crippen LogP contribution in [-0.2, 0) is 4.74 Å². The lowest BCUT2D eigenvalue weighted by Crippen LogP contribution is -2.47. The maximum Gasteiger partial charge on any atom is 0.320 e. The van der Waals surface area contributed by atoms with Crippen LogP contribution in [0, 0.1) is 11.8 Å². The summed E-state index contributed by atoms with van der Waals surface area (Å²) in [6, 6.07) is 0.237. The standard InChI is InChI=1S/C10H16N2O2/c13-10(11-1-3-14-4-2-11)12-6-8-5-9(8)7-12/h8-9H,1-7H2. The SMILES string of the molecule is O=C(N1CCOCC1)N1CC2CC2C1. The van der Waals surface area contributed by atoms with Crippen molar-refractivity contribution in [1.82, 2.24) is 9.80 Å². The van der Waals surface area contributed by atoms with Gasteiger partial charge in [0.15, 0.2) is 0 Å². The summed E-state index contributed by atoms with van der Waals surface area (Å²) in [7, 11) is 0. The number of ether oxygens (including phenoxy) is 1. The molecule has 2 saturated heterocycles. The molecule has 0 bridgehead atoms. The van der Waals surface area contributed by atoms with Crippen LogP contribution in [0.15, 0.2) is 0 Å². The zero-order valence-corrected chi connectivity index (χ0v) is 8.32. The maximum absolute atomic E-state index is 12.0. The quantitative estimate of drug-likeness (QED) is 0.561. The number of rotatable bonds is 0. The zero-order chi connectivity index (χ0) is 9.54. The summed E-state index contributed by atoms with van der Waals surface area (Å²) in [6.45, 7) is 4.94. The fraction of sp³-hybridized carbons (Fsp3) is 0.900. The lowest BCUT2D eigenvalue weighted by atomic mass is 10.4. The Hall–Kier alpha value is -0.770. The monoisotopic (exact) mass is 196 g/mol. The van der Waals surface area contributed by atoms with Crippen molar-refractivity contribution in [2.24, 2.45) is 11.8 Å². The van der Waals surface area contributed by atoms with Gasteiger partial charge in [-0.05, 0) is 18.3 Å². The van der Waals surface area contributed by atoms with Crippen molar-refractivity contribution in [2.45, 2.75) is 6.42 Å². The average Bonchev–Trinajstić information content (AvgIpc) is 2.86. The molecular formula is C10H16N2O2. The van der Waals surface area contributed by atoms with Gasteiger partial charge in [0.2, 0.25) is 0 Å². The Kier molecular flexibility index (Phi) is 1.90. The molecule has 1 saturated carbocycles. The fourth-order valence-corrected chi connectivity index (χ4v) is 2.51. The molecule has 0 N–H and O–H groups in total. The lowest BCUT2D eigenvalue weighted by molar-refractivity contribution is 0.0443. The van der Waals surface area contributed by atoms with E-state index in [1.165, 1.54) is 6.42 Å². The Morgan fingerprint density at radius 2 is 1.71 bits per heavy atom. The Morgan fingerprint density at radius 3 is 2.36 bits per heavy atom. The molecule has 3 aliphatic rings. The fourth-order valence-electron chi connectivity index (χ4n) is 2.51. The van der Waals surface area contributed by atoms with Crippen LogP contribution in [0.3, 0.4) is 0 Å². The molecule has 78 valence electrons. The third-order valence-electron chi connectivity index (χ3n) is 3.53. The van der Waals surface area contributed by atoms with Crippen LogP contribution < -0.4 is 0 Å². The van der Waals surface area contributed by atoms with Crippen molar-refractivity contribution in [3.05, 3.63) is 0 Å². The van der Waals surface area contributed by atoms with E-state index < -0.39 is 0 Å². The molecule has 2 atom stereocenters. The Bertz CT molecular complexity index is 237. The van der Waals surface area contributed by atoms with E-state index in [-0.39, 0.29) is 6.03 Å². The van der Waals surface area contributed by atoms with E-state index in [1.807, 2.05) is 9.80 Å². The van der Waals surface area contributed by atoms with Gasteiger partial charge in [-0.1, -0.05) is 0 Å². The lowest BCUT2D eigenvalue weighted by Gasteiger charge is -2.31. The number of nitrogens with zero attached hydrogens (tertiary/aromatic N) is 2. The maximum atomic E-state index is 12.0. The summed E-state index contributed by atoms with van der Waals surface area (Å²) >= 11 is 0. The zero-order valence-electron chi connectivity index (χ0n) is 8.32. The summed E-state index contributed by atoms with van der Waals surface area (Å²) in [5.74, 6) is 1.67. The topological polar surface area (TPSA) is 32.8 Å². The highest BCUT2D eigenvalue weighted by Gasteiger charge is 2.47. The van der Waals surface area contributed by atoms with Crippen molar-refractivity contribution < 1.29 is 9.53 Å². The van der Waals surface area contributed by atoms with Gasteiger partial charge in [0, 0.05) is 26.2 Å². The van der Waals surface area contributed by atoms with Crippen LogP contribution in [0.1, 0.15) is 6.42 Å². The number of carbonyl (C=O) groups is 1. The van der Waals surface area contributed by atoms with Gasteiger partial charge < -0.3 is 14.5 Å². The van der Waals surface area contributed by atoms with E-state index in [2.05, 4.69) is 0 Å². The average molecular weight is 196 g/mol. The molecule has 0 aromatic rings. The van der Waals surface area contributed by atoms with E-state index in [1.54, 1.807) is 0 Å². The highest BCUT2D eigenvalue weighted by molar-refractivity contribution is 5.75. The van der Waals surface area contributed by atoms with E-state index in [0.717, 1.165) is 38.0 Å². The molecule has 2 amide bonds. The number of morpholine rings is 1. The van der Waals surface area contributed by atoms with Crippen LogP contribution >= 0.6 is 0 Å². The molecular weight excluding hydrogens is 180 g/mol. The predicted octanol–water partition coefficient (Wildman–Crippen LogP) is 0.390. The second-order valence-corrected chi connectivity index (χ2v) is 4.54. The minimum atomic E-state index is 0.237. The third-order valence-corrected chi connectivity index (χ3v) is 3.53. The Morgan fingerprint density at radius 1 is 1.07 bits per heavy atom. The first kappa shape index (κ1) is 8.53. The normalized spacial score (nSPS) is 35.7. The molecule has 3 fully saturated rings. The van der Waals surface area contributed by atoms with Crippen LogP contribution in [-0.4, -0.2) is 55.2 Å². The van der Waals surface area contributed by atoms with Crippen LogP contribution in [0.2, 0.25) is 0 Å². The van der Waals surface area contributed by atoms with Gasteiger partial charge in [0.1, 0.15) is 0 Å². The molecule has 0 radical (unpaired) electrons. The highest BCUT2D eigenvalue weighted by atomic mass is 16.5. The predicted molar refractivity (Wildman–Crippen MR) is 51.0 cm³/mol. The largest absolute Gasteiger partial charge is 0.378 e. The van der Waals surface area contributed by atoms with E-state index in [9.17, 15) is 4.79 Å². The van der Waals surface area contributed by atoms with Gasteiger partial charge in [0.05, 0.1) is 13.2 Å².